The highest BCUT2D eigenvalue weighted by Crippen LogP contribution is 2.42. The van der Waals surface area contributed by atoms with Gasteiger partial charge >= 0.3 is 0 Å². The Morgan fingerprint density at radius 2 is 1.63 bits per heavy atom. The van der Waals surface area contributed by atoms with Crippen molar-refractivity contribution in [3.63, 3.8) is 0 Å². The fraction of sp³-hybridized carbons (Fsp3) is 0.176. The number of halogens is 1. The molecule has 0 amide bonds. The van der Waals surface area contributed by atoms with E-state index in [0.717, 1.165) is 60.7 Å². The second kappa shape index (κ2) is 8.53. The lowest BCUT2D eigenvalue weighted by Gasteiger charge is -2.19. The van der Waals surface area contributed by atoms with Crippen LogP contribution in [0.25, 0.3) is 55.1 Å². The Balaban J connectivity index is 1.69. The Morgan fingerprint density at radius 1 is 0.868 bits per heavy atom. The van der Waals surface area contributed by atoms with Crippen molar-refractivity contribution in [2.24, 2.45) is 7.05 Å². The van der Waals surface area contributed by atoms with Gasteiger partial charge in [-0.15, -0.1) is 0 Å². The Kier molecular flexibility index (Phi) is 5.36. The molecule has 0 unspecified atom stereocenters. The summed E-state index contributed by atoms with van der Waals surface area (Å²) in [6, 6.07) is 26.7. The highest BCUT2D eigenvalue weighted by molar-refractivity contribution is 6.14. The fourth-order valence-corrected chi connectivity index (χ4v) is 5.43. The Morgan fingerprint density at radius 3 is 2.37 bits per heavy atom. The first kappa shape index (κ1) is 23.9. The molecular formula is C34H28FN2O+. The molecule has 4 aromatic carbocycles. The lowest BCUT2D eigenvalue weighted by atomic mass is 9.86. The molecule has 3 nitrogen and oxygen atoms in total. The van der Waals surface area contributed by atoms with Gasteiger partial charge in [-0.25, -0.2) is 4.39 Å². The zero-order chi connectivity index (χ0) is 26.8. The van der Waals surface area contributed by atoms with Crippen LogP contribution in [0.1, 0.15) is 37.5 Å². The lowest BCUT2D eigenvalue weighted by Crippen LogP contribution is -2.33. The van der Waals surface area contributed by atoms with Crippen molar-refractivity contribution < 1.29 is 13.4 Å². The third-order valence-electron chi connectivity index (χ3n) is 7.43. The van der Waals surface area contributed by atoms with E-state index in [-0.39, 0.29) is 11.2 Å². The summed E-state index contributed by atoms with van der Waals surface area (Å²) in [5, 5.41) is 14.0. The van der Waals surface area contributed by atoms with E-state index in [9.17, 15) is 9.65 Å². The van der Waals surface area contributed by atoms with E-state index in [2.05, 4.69) is 48.5 Å². The molecular weight excluding hydrogens is 471 g/mol. The van der Waals surface area contributed by atoms with Crippen molar-refractivity contribution in [2.75, 3.05) is 0 Å². The van der Waals surface area contributed by atoms with Gasteiger partial charge in [0.25, 0.3) is 0 Å². The van der Waals surface area contributed by atoms with Crippen molar-refractivity contribution >= 4 is 32.7 Å². The highest BCUT2D eigenvalue weighted by atomic mass is 19.1. The molecule has 2 heterocycles. The van der Waals surface area contributed by atoms with Gasteiger partial charge in [-0.3, -0.25) is 0 Å². The number of hydrogen-bond acceptors (Lipinski definition) is 2. The van der Waals surface area contributed by atoms with Gasteiger partial charge < -0.3 is 4.42 Å². The molecule has 0 atom stereocenters. The molecule has 38 heavy (non-hydrogen) atoms. The van der Waals surface area contributed by atoms with Crippen molar-refractivity contribution in [1.29, 1.82) is 5.26 Å². The minimum absolute atomic E-state index is 0.226. The second-order valence-electron chi connectivity index (χ2n) is 11.1. The summed E-state index contributed by atoms with van der Waals surface area (Å²) in [5.41, 5.74) is 7.06. The minimum atomic E-state index is -0.353. The molecule has 0 saturated heterocycles. The highest BCUT2D eigenvalue weighted by Gasteiger charge is 2.28. The molecule has 4 heteroatoms. The van der Waals surface area contributed by atoms with E-state index in [1.807, 2.05) is 69.6 Å². The number of nitrogens with zero attached hydrogens (tertiary/aromatic N) is 2. The number of aromatic nitrogens is 1. The third-order valence-corrected chi connectivity index (χ3v) is 7.43. The smallest absolute Gasteiger partial charge is 0.216 e. The predicted octanol–water partition coefficient (Wildman–Crippen LogP) is 8.51. The molecule has 186 valence electrons. The maximum absolute atomic E-state index is 15.0. The number of benzene rings is 4. The molecule has 0 aliphatic rings. The van der Waals surface area contributed by atoms with Crippen LogP contribution in [0.2, 0.25) is 0 Å². The molecule has 0 spiro atoms. The van der Waals surface area contributed by atoms with Crippen molar-refractivity contribution in [2.45, 2.75) is 33.1 Å². The summed E-state index contributed by atoms with van der Waals surface area (Å²) in [6.07, 6.45) is 1.55. The molecule has 0 N–H and O–H groups in total. The SMILES string of the molecule is Cc1ccc2c(oc3c(-c4ccc5ccccc5c4)cc(C#N)cc32)c1-c1cc(C(C)(C)C)c(F)c[n+]1C. The van der Waals surface area contributed by atoms with E-state index < -0.39 is 0 Å². The first-order valence-corrected chi connectivity index (χ1v) is 12.7. The fourth-order valence-electron chi connectivity index (χ4n) is 5.43. The van der Waals surface area contributed by atoms with Crippen LogP contribution in [0.5, 0.6) is 0 Å². The zero-order valence-electron chi connectivity index (χ0n) is 22.2. The summed E-state index contributed by atoms with van der Waals surface area (Å²) < 4.78 is 23.5. The number of aryl methyl sites for hydroxylation is 2. The molecule has 0 radical (unpaired) electrons. The van der Waals surface area contributed by atoms with Crippen LogP contribution in [0, 0.1) is 24.1 Å². The number of furan rings is 1. The molecule has 0 aliphatic carbocycles. The van der Waals surface area contributed by atoms with Gasteiger partial charge in [-0.2, -0.15) is 9.83 Å². The van der Waals surface area contributed by atoms with Crippen molar-refractivity contribution in [3.8, 4) is 28.5 Å². The molecule has 0 saturated carbocycles. The summed E-state index contributed by atoms with van der Waals surface area (Å²) in [4.78, 5) is 0. The average Bonchev–Trinajstić information content (AvgIpc) is 3.26. The molecule has 0 aliphatic heterocycles. The van der Waals surface area contributed by atoms with Gasteiger partial charge in [0.2, 0.25) is 11.9 Å². The average molecular weight is 500 g/mol. The maximum Gasteiger partial charge on any atom is 0.216 e. The van der Waals surface area contributed by atoms with Crippen LogP contribution >= 0.6 is 0 Å². The van der Waals surface area contributed by atoms with Crippen molar-refractivity contribution in [1.82, 2.24) is 0 Å². The maximum atomic E-state index is 15.0. The van der Waals surface area contributed by atoms with Crippen LogP contribution in [-0.4, -0.2) is 0 Å². The number of rotatable bonds is 2. The molecule has 0 fully saturated rings. The molecule has 6 rings (SSSR count). The van der Waals surface area contributed by atoms with Crippen LogP contribution in [-0.2, 0) is 12.5 Å². The number of hydrogen-bond donors (Lipinski definition) is 0. The van der Waals surface area contributed by atoms with Crippen LogP contribution in [0.4, 0.5) is 4.39 Å². The standard InChI is InChI=1S/C34H28FN2O/c1-20-10-13-25-27-15-21(18-36)14-26(24-12-11-22-8-6-7-9-23(22)16-24)32(27)38-33(25)31(20)30-17-28(34(2,3)4)29(35)19-37(30)5/h6-17,19H,1-5H3/q+1. The van der Waals surface area contributed by atoms with Crippen molar-refractivity contribution in [3.05, 3.63) is 102 Å². The van der Waals surface area contributed by atoms with Gasteiger partial charge in [-0.05, 0) is 52.4 Å². The number of fused-ring (bicyclic) bond motifs is 4. The second-order valence-corrected chi connectivity index (χ2v) is 11.1. The predicted molar refractivity (Wildman–Crippen MR) is 151 cm³/mol. The first-order valence-electron chi connectivity index (χ1n) is 12.7. The van der Waals surface area contributed by atoms with Gasteiger partial charge in [0.15, 0.2) is 5.82 Å². The monoisotopic (exact) mass is 499 g/mol. The number of nitriles is 1. The Hall–Kier alpha value is -4.49. The van der Waals surface area contributed by atoms with E-state index >= 15 is 0 Å². The quantitative estimate of drug-likeness (QED) is 0.224. The summed E-state index contributed by atoms with van der Waals surface area (Å²) >= 11 is 0. The van der Waals surface area contributed by atoms with E-state index in [0.29, 0.717) is 11.1 Å². The van der Waals surface area contributed by atoms with Gasteiger partial charge in [0.05, 0.1) is 17.2 Å². The third kappa shape index (κ3) is 3.74. The normalized spacial score (nSPS) is 11.9. The molecule has 0 bridgehead atoms. The van der Waals surface area contributed by atoms with Gasteiger partial charge in [0, 0.05) is 28.0 Å². The topological polar surface area (TPSA) is 40.8 Å². The minimum Gasteiger partial charge on any atom is -0.454 e. The largest absolute Gasteiger partial charge is 0.454 e. The van der Waals surface area contributed by atoms with Crippen LogP contribution in [0.3, 0.4) is 0 Å². The molecule has 6 aromatic rings. The van der Waals surface area contributed by atoms with Crippen LogP contribution < -0.4 is 4.57 Å². The first-order chi connectivity index (χ1) is 18.2. The van der Waals surface area contributed by atoms with E-state index in [1.54, 1.807) is 6.20 Å². The Labute approximate surface area is 221 Å². The van der Waals surface area contributed by atoms with Crippen LogP contribution in [0.15, 0.2) is 83.4 Å². The summed E-state index contributed by atoms with van der Waals surface area (Å²) in [6.45, 7) is 8.10. The molecule has 2 aromatic heterocycles. The number of pyridine rings is 1. The van der Waals surface area contributed by atoms with E-state index in [1.165, 1.54) is 0 Å². The zero-order valence-corrected chi connectivity index (χ0v) is 22.2. The summed E-state index contributed by atoms with van der Waals surface area (Å²) in [5.74, 6) is -0.226. The Bertz CT molecular complexity index is 1950. The summed E-state index contributed by atoms with van der Waals surface area (Å²) in [7, 11) is 1.86. The van der Waals surface area contributed by atoms with Gasteiger partial charge in [-0.1, -0.05) is 69.3 Å². The lowest BCUT2D eigenvalue weighted by molar-refractivity contribution is -0.662. The van der Waals surface area contributed by atoms with Gasteiger partial charge in [0.1, 0.15) is 18.2 Å². The van der Waals surface area contributed by atoms with E-state index in [4.69, 9.17) is 4.42 Å².